The third-order valence-electron chi connectivity index (χ3n) is 2.10. The lowest BCUT2D eigenvalue weighted by Crippen LogP contribution is -2.09. The molecule has 1 rings (SSSR count). The quantitative estimate of drug-likeness (QED) is 0.464. The van der Waals surface area contributed by atoms with Crippen LogP contribution in [0.15, 0.2) is 12.1 Å². The fourth-order valence-corrected chi connectivity index (χ4v) is 1.32. The number of nitro groups is 1. The van der Waals surface area contributed by atoms with Gasteiger partial charge in [-0.2, -0.15) is 8.78 Å². The van der Waals surface area contributed by atoms with Crippen molar-refractivity contribution in [1.82, 2.24) is 0 Å². The zero-order chi connectivity index (χ0) is 14.6. The summed E-state index contributed by atoms with van der Waals surface area (Å²) in [6.45, 7) is -3.18. The Hall–Kier alpha value is -2.45. The fraction of sp³-hybridized carbons (Fsp3) is 0.300. The summed E-state index contributed by atoms with van der Waals surface area (Å²) in [5, 5.41) is 10.8. The second-order valence-corrected chi connectivity index (χ2v) is 3.15. The molecular formula is C10H9F2NO6. The number of halogens is 2. The molecule has 0 unspecified atom stereocenters. The Labute approximate surface area is 105 Å². The lowest BCUT2D eigenvalue weighted by molar-refractivity contribution is -0.385. The molecule has 0 aromatic heterocycles. The zero-order valence-electron chi connectivity index (χ0n) is 9.88. The summed E-state index contributed by atoms with van der Waals surface area (Å²) in [7, 11) is 2.17. The summed E-state index contributed by atoms with van der Waals surface area (Å²) in [5.41, 5.74) is -1.14. The first kappa shape index (κ1) is 14.6. The molecule has 0 fully saturated rings. The van der Waals surface area contributed by atoms with Crippen LogP contribution in [0.3, 0.4) is 0 Å². The molecule has 19 heavy (non-hydrogen) atoms. The minimum Gasteiger partial charge on any atom is -0.493 e. The van der Waals surface area contributed by atoms with Crippen LogP contribution in [-0.2, 0) is 4.74 Å². The number of alkyl halides is 2. The van der Waals surface area contributed by atoms with Crippen LogP contribution in [-0.4, -0.2) is 31.7 Å². The highest BCUT2D eigenvalue weighted by Gasteiger charge is 2.26. The largest absolute Gasteiger partial charge is 0.493 e. The van der Waals surface area contributed by atoms with Gasteiger partial charge in [0.2, 0.25) is 0 Å². The fourth-order valence-electron chi connectivity index (χ4n) is 1.32. The monoisotopic (exact) mass is 277 g/mol. The van der Waals surface area contributed by atoms with Crippen molar-refractivity contribution in [2.75, 3.05) is 14.2 Å². The van der Waals surface area contributed by atoms with Gasteiger partial charge in [-0.15, -0.1) is 0 Å². The summed E-state index contributed by atoms with van der Waals surface area (Å²) >= 11 is 0. The van der Waals surface area contributed by atoms with Gasteiger partial charge in [-0.05, 0) is 0 Å². The number of nitrogens with zero attached hydrogens (tertiary/aromatic N) is 1. The Kier molecular flexibility index (Phi) is 4.56. The van der Waals surface area contributed by atoms with E-state index in [1.165, 1.54) is 0 Å². The van der Waals surface area contributed by atoms with E-state index in [0.29, 0.717) is 6.07 Å². The molecule has 0 heterocycles. The van der Waals surface area contributed by atoms with Gasteiger partial charge in [0.05, 0.1) is 25.2 Å². The molecule has 0 atom stereocenters. The van der Waals surface area contributed by atoms with E-state index >= 15 is 0 Å². The SMILES string of the molecule is COC(=O)c1cc(OC)c(OC(F)F)cc1[N+](=O)[O-]. The van der Waals surface area contributed by atoms with E-state index in [1.54, 1.807) is 0 Å². The number of ether oxygens (including phenoxy) is 3. The number of carbonyl (C=O) groups excluding carboxylic acids is 1. The summed E-state index contributed by atoms with van der Waals surface area (Å²) in [5.74, 6) is -1.78. The normalized spacial score (nSPS) is 10.2. The van der Waals surface area contributed by atoms with Gasteiger partial charge in [0.15, 0.2) is 11.5 Å². The van der Waals surface area contributed by atoms with Crippen LogP contribution in [0, 0.1) is 10.1 Å². The maximum atomic E-state index is 12.2. The van der Waals surface area contributed by atoms with Gasteiger partial charge in [0.1, 0.15) is 5.56 Å². The van der Waals surface area contributed by atoms with Gasteiger partial charge in [-0.25, -0.2) is 4.79 Å². The highest BCUT2D eigenvalue weighted by atomic mass is 19.3. The van der Waals surface area contributed by atoms with Crippen molar-refractivity contribution in [2.45, 2.75) is 6.61 Å². The molecule has 0 aliphatic heterocycles. The number of nitro benzene ring substituents is 1. The molecule has 9 heteroatoms. The first-order valence-corrected chi connectivity index (χ1v) is 4.80. The number of esters is 1. The Balaban J connectivity index is 3.41. The maximum absolute atomic E-state index is 12.2. The Morgan fingerprint density at radius 2 is 1.95 bits per heavy atom. The number of hydrogen-bond acceptors (Lipinski definition) is 6. The molecule has 1 aromatic rings. The molecule has 0 saturated heterocycles. The van der Waals surface area contributed by atoms with Crippen molar-refractivity contribution in [1.29, 1.82) is 0 Å². The molecule has 0 aliphatic carbocycles. The predicted molar refractivity (Wildman–Crippen MR) is 57.6 cm³/mol. The molecule has 7 nitrogen and oxygen atoms in total. The van der Waals surface area contributed by atoms with Crippen LogP contribution >= 0.6 is 0 Å². The van der Waals surface area contributed by atoms with Gasteiger partial charge in [-0.1, -0.05) is 0 Å². The lowest BCUT2D eigenvalue weighted by atomic mass is 10.1. The molecule has 104 valence electrons. The van der Waals surface area contributed by atoms with Gasteiger partial charge >= 0.3 is 12.6 Å². The minimum absolute atomic E-state index is 0.244. The molecule has 0 radical (unpaired) electrons. The molecule has 1 aromatic carbocycles. The van der Waals surface area contributed by atoms with Gasteiger partial charge in [-0.3, -0.25) is 10.1 Å². The van der Waals surface area contributed by atoms with Gasteiger partial charge in [0.25, 0.3) is 5.69 Å². The summed E-state index contributed by atoms with van der Waals surface area (Å²) < 4.78 is 37.5. The van der Waals surface area contributed by atoms with E-state index in [-0.39, 0.29) is 5.75 Å². The lowest BCUT2D eigenvalue weighted by Gasteiger charge is -2.11. The second-order valence-electron chi connectivity index (χ2n) is 3.15. The standard InChI is InChI=1S/C10H9F2NO6/c1-17-7-3-5(9(14)18-2)6(13(15)16)4-8(7)19-10(11)12/h3-4,10H,1-2H3. The third-order valence-corrected chi connectivity index (χ3v) is 2.10. The topological polar surface area (TPSA) is 87.9 Å². The molecule has 0 saturated carbocycles. The Bertz CT molecular complexity index is 505. The van der Waals surface area contributed by atoms with Crippen molar-refractivity contribution < 1.29 is 32.7 Å². The summed E-state index contributed by atoms with van der Waals surface area (Å²) in [6, 6.07) is 1.58. The first-order chi connectivity index (χ1) is 8.90. The van der Waals surface area contributed by atoms with E-state index in [9.17, 15) is 23.7 Å². The number of methoxy groups -OCH3 is 2. The number of benzene rings is 1. The molecule has 0 N–H and O–H groups in total. The molecular weight excluding hydrogens is 268 g/mol. The van der Waals surface area contributed by atoms with Crippen molar-refractivity contribution in [3.8, 4) is 11.5 Å². The van der Waals surface area contributed by atoms with E-state index < -0.39 is 34.5 Å². The van der Waals surface area contributed by atoms with Crippen LogP contribution in [0.25, 0.3) is 0 Å². The average molecular weight is 277 g/mol. The van der Waals surface area contributed by atoms with Crippen LogP contribution in [0.2, 0.25) is 0 Å². The maximum Gasteiger partial charge on any atom is 0.387 e. The predicted octanol–water partition coefficient (Wildman–Crippen LogP) is 1.99. The van der Waals surface area contributed by atoms with Crippen molar-refractivity contribution in [3.05, 3.63) is 27.8 Å². The van der Waals surface area contributed by atoms with Crippen LogP contribution in [0.4, 0.5) is 14.5 Å². The van der Waals surface area contributed by atoms with E-state index in [1.807, 2.05) is 0 Å². The minimum atomic E-state index is -3.18. The van der Waals surface area contributed by atoms with Crippen LogP contribution in [0.5, 0.6) is 11.5 Å². The van der Waals surface area contributed by atoms with Crippen LogP contribution < -0.4 is 9.47 Å². The molecule has 0 spiro atoms. The van der Waals surface area contributed by atoms with E-state index in [4.69, 9.17) is 4.74 Å². The molecule has 0 amide bonds. The average Bonchev–Trinajstić information content (AvgIpc) is 2.36. The molecule has 0 aliphatic rings. The second kappa shape index (κ2) is 5.94. The van der Waals surface area contributed by atoms with E-state index in [2.05, 4.69) is 9.47 Å². The van der Waals surface area contributed by atoms with E-state index in [0.717, 1.165) is 20.3 Å². The van der Waals surface area contributed by atoms with Crippen molar-refractivity contribution in [2.24, 2.45) is 0 Å². The third kappa shape index (κ3) is 3.27. The number of rotatable bonds is 5. The smallest absolute Gasteiger partial charge is 0.387 e. The number of hydrogen-bond donors (Lipinski definition) is 0. The zero-order valence-corrected chi connectivity index (χ0v) is 9.88. The van der Waals surface area contributed by atoms with Crippen molar-refractivity contribution in [3.63, 3.8) is 0 Å². The number of carbonyl (C=O) groups is 1. The summed E-state index contributed by atoms with van der Waals surface area (Å²) in [4.78, 5) is 21.3. The van der Waals surface area contributed by atoms with Gasteiger partial charge < -0.3 is 14.2 Å². The Morgan fingerprint density at radius 1 is 1.32 bits per heavy atom. The van der Waals surface area contributed by atoms with Crippen LogP contribution in [0.1, 0.15) is 10.4 Å². The first-order valence-electron chi connectivity index (χ1n) is 4.80. The summed E-state index contributed by atoms with van der Waals surface area (Å²) in [6.07, 6.45) is 0. The van der Waals surface area contributed by atoms with Crippen molar-refractivity contribution >= 4 is 11.7 Å². The molecule has 0 bridgehead atoms. The Morgan fingerprint density at radius 3 is 2.37 bits per heavy atom. The highest BCUT2D eigenvalue weighted by Crippen LogP contribution is 2.35. The van der Waals surface area contributed by atoms with Gasteiger partial charge in [0, 0.05) is 6.07 Å². The highest BCUT2D eigenvalue weighted by molar-refractivity contribution is 5.94.